The minimum atomic E-state index is -0.778. The van der Waals surface area contributed by atoms with Crippen molar-refractivity contribution in [2.75, 3.05) is 6.54 Å². The molecule has 1 aromatic carbocycles. The number of benzene rings is 1. The van der Waals surface area contributed by atoms with Gasteiger partial charge in [-0.1, -0.05) is 18.9 Å². The molecule has 0 radical (unpaired) electrons. The lowest BCUT2D eigenvalue weighted by molar-refractivity contribution is -0.137. The minimum absolute atomic E-state index is 0.189. The molecule has 0 aliphatic heterocycles. The molecule has 0 heterocycles. The second kappa shape index (κ2) is 8.30. The lowest BCUT2D eigenvalue weighted by Gasteiger charge is -2.07. The van der Waals surface area contributed by atoms with E-state index in [9.17, 15) is 14.0 Å². The number of hydrogen-bond acceptors (Lipinski definition) is 2. The normalized spacial score (nSPS) is 10.3. The van der Waals surface area contributed by atoms with Crippen LogP contribution in [-0.4, -0.2) is 23.5 Å². The van der Waals surface area contributed by atoms with Gasteiger partial charge in [-0.2, -0.15) is 0 Å². The van der Waals surface area contributed by atoms with Crippen LogP contribution >= 0.6 is 0 Å². The molecule has 20 heavy (non-hydrogen) atoms. The van der Waals surface area contributed by atoms with E-state index in [2.05, 4.69) is 5.32 Å². The van der Waals surface area contributed by atoms with Gasteiger partial charge in [-0.25, -0.2) is 4.39 Å². The number of carbonyl (C=O) groups excluding carboxylic acids is 1. The van der Waals surface area contributed by atoms with Crippen LogP contribution in [0.3, 0.4) is 0 Å². The number of nitrogens with one attached hydrogen (secondary N) is 1. The number of aliphatic carboxylic acids is 1. The molecule has 2 N–H and O–H groups in total. The van der Waals surface area contributed by atoms with Gasteiger partial charge in [0.15, 0.2) is 0 Å². The maximum Gasteiger partial charge on any atom is 0.303 e. The Labute approximate surface area is 118 Å². The molecule has 0 saturated heterocycles. The van der Waals surface area contributed by atoms with Gasteiger partial charge in [0.1, 0.15) is 5.82 Å². The van der Waals surface area contributed by atoms with Gasteiger partial charge in [-0.3, -0.25) is 9.59 Å². The highest BCUT2D eigenvalue weighted by Gasteiger charge is 2.09. The summed E-state index contributed by atoms with van der Waals surface area (Å²) in [6.07, 6.45) is 3.34. The smallest absolute Gasteiger partial charge is 0.303 e. The second-order valence-corrected chi connectivity index (χ2v) is 4.77. The molecule has 0 aliphatic rings. The highest BCUT2D eigenvalue weighted by Crippen LogP contribution is 2.10. The highest BCUT2D eigenvalue weighted by molar-refractivity contribution is 5.95. The SMILES string of the molecule is Cc1ccc(F)cc1C(=O)NCCCCCCC(=O)O. The van der Waals surface area contributed by atoms with Crippen LogP contribution in [-0.2, 0) is 4.79 Å². The fourth-order valence-corrected chi connectivity index (χ4v) is 1.89. The van der Waals surface area contributed by atoms with E-state index in [4.69, 9.17) is 5.11 Å². The first-order valence-electron chi connectivity index (χ1n) is 6.77. The van der Waals surface area contributed by atoms with Gasteiger partial charge in [-0.05, 0) is 37.5 Å². The van der Waals surface area contributed by atoms with E-state index >= 15 is 0 Å². The third-order valence-electron chi connectivity index (χ3n) is 3.05. The molecule has 0 saturated carbocycles. The van der Waals surface area contributed by atoms with Gasteiger partial charge < -0.3 is 10.4 Å². The zero-order valence-electron chi connectivity index (χ0n) is 11.6. The number of carbonyl (C=O) groups is 2. The summed E-state index contributed by atoms with van der Waals surface area (Å²) in [6, 6.07) is 4.14. The number of carboxylic acids is 1. The van der Waals surface area contributed by atoms with Crippen LogP contribution in [0.5, 0.6) is 0 Å². The molecule has 0 fully saturated rings. The van der Waals surface area contributed by atoms with Crippen LogP contribution in [0.25, 0.3) is 0 Å². The first-order chi connectivity index (χ1) is 9.50. The molecule has 0 spiro atoms. The minimum Gasteiger partial charge on any atom is -0.481 e. The van der Waals surface area contributed by atoms with E-state index in [0.29, 0.717) is 18.5 Å². The van der Waals surface area contributed by atoms with Gasteiger partial charge in [-0.15, -0.1) is 0 Å². The Kier molecular flexibility index (Phi) is 6.70. The fourth-order valence-electron chi connectivity index (χ4n) is 1.89. The van der Waals surface area contributed by atoms with Crippen molar-refractivity contribution >= 4 is 11.9 Å². The Bertz CT molecular complexity index is 474. The molecule has 1 amide bonds. The van der Waals surface area contributed by atoms with Crippen LogP contribution in [0.15, 0.2) is 18.2 Å². The molecule has 0 atom stereocenters. The van der Waals surface area contributed by atoms with Crippen molar-refractivity contribution in [2.45, 2.75) is 39.0 Å². The molecule has 0 aliphatic carbocycles. The zero-order chi connectivity index (χ0) is 15.0. The maximum atomic E-state index is 13.1. The van der Waals surface area contributed by atoms with Gasteiger partial charge in [0.25, 0.3) is 5.91 Å². The Balaban J connectivity index is 2.23. The molecular weight excluding hydrogens is 261 g/mol. The van der Waals surface area contributed by atoms with Crippen molar-refractivity contribution in [3.8, 4) is 0 Å². The van der Waals surface area contributed by atoms with Crippen LogP contribution in [0.1, 0.15) is 48.0 Å². The second-order valence-electron chi connectivity index (χ2n) is 4.77. The van der Waals surface area contributed by atoms with Crippen LogP contribution in [0.4, 0.5) is 4.39 Å². The Morgan fingerprint density at radius 1 is 1.20 bits per heavy atom. The summed E-state index contributed by atoms with van der Waals surface area (Å²) in [5, 5.41) is 11.2. The first kappa shape index (κ1) is 16.1. The highest BCUT2D eigenvalue weighted by atomic mass is 19.1. The summed E-state index contributed by atoms with van der Waals surface area (Å²) in [7, 11) is 0. The zero-order valence-corrected chi connectivity index (χ0v) is 11.6. The van der Waals surface area contributed by atoms with E-state index in [1.54, 1.807) is 13.0 Å². The summed E-state index contributed by atoms with van der Waals surface area (Å²) in [4.78, 5) is 22.1. The number of amides is 1. The third-order valence-corrected chi connectivity index (χ3v) is 3.05. The number of hydrogen-bond donors (Lipinski definition) is 2. The molecule has 0 bridgehead atoms. The largest absolute Gasteiger partial charge is 0.481 e. The van der Waals surface area contributed by atoms with Crippen LogP contribution < -0.4 is 5.32 Å². The standard InChI is InChI=1S/C15H20FNO3/c1-11-7-8-12(16)10-13(11)15(20)17-9-5-3-2-4-6-14(18)19/h7-8,10H,2-6,9H2,1H3,(H,17,20)(H,18,19). The predicted octanol–water partition coefficient (Wildman–Crippen LogP) is 2.90. The number of halogens is 1. The summed E-state index contributed by atoms with van der Waals surface area (Å²) in [5.41, 5.74) is 1.10. The van der Waals surface area contributed by atoms with E-state index in [1.165, 1.54) is 12.1 Å². The Morgan fingerprint density at radius 2 is 1.90 bits per heavy atom. The number of carboxylic acid groups (broad SMARTS) is 1. The number of unbranched alkanes of at least 4 members (excludes halogenated alkanes) is 3. The maximum absolute atomic E-state index is 13.1. The van der Waals surface area contributed by atoms with Crippen LogP contribution in [0, 0.1) is 12.7 Å². The van der Waals surface area contributed by atoms with Crippen molar-refractivity contribution in [3.05, 3.63) is 35.1 Å². The molecule has 1 rings (SSSR count). The van der Waals surface area contributed by atoms with Crippen molar-refractivity contribution < 1.29 is 19.1 Å². The van der Waals surface area contributed by atoms with E-state index in [1.807, 2.05) is 0 Å². The third kappa shape index (κ3) is 5.82. The Morgan fingerprint density at radius 3 is 2.60 bits per heavy atom. The summed E-state index contributed by atoms with van der Waals surface area (Å²) < 4.78 is 13.1. The van der Waals surface area contributed by atoms with Gasteiger partial charge in [0, 0.05) is 18.5 Å². The average Bonchev–Trinajstić information content (AvgIpc) is 2.39. The molecule has 4 nitrogen and oxygen atoms in total. The predicted molar refractivity (Wildman–Crippen MR) is 74.2 cm³/mol. The molecule has 0 unspecified atom stereocenters. The molecular formula is C15H20FNO3. The number of aryl methyl sites for hydroxylation is 1. The monoisotopic (exact) mass is 281 g/mol. The lowest BCUT2D eigenvalue weighted by atomic mass is 10.1. The van der Waals surface area contributed by atoms with Crippen molar-refractivity contribution in [1.29, 1.82) is 0 Å². The van der Waals surface area contributed by atoms with Crippen LogP contribution in [0.2, 0.25) is 0 Å². The first-order valence-corrected chi connectivity index (χ1v) is 6.77. The Hall–Kier alpha value is -1.91. The van der Waals surface area contributed by atoms with Crippen molar-refractivity contribution in [3.63, 3.8) is 0 Å². The van der Waals surface area contributed by atoms with E-state index in [0.717, 1.165) is 24.8 Å². The lowest BCUT2D eigenvalue weighted by Crippen LogP contribution is -2.25. The molecule has 1 aromatic rings. The molecule has 0 aromatic heterocycles. The summed E-state index contributed by atoms with van der Waals surface area (Å²) in [6.45, 7) is 2.28. The average molecular weight is 281 g/mol. The van der Waals surface area contributed by atoms with Crippen molar-refractivity contribution in [1.82, 2.24) is 5.32 Å². The molecule has 110 valence electrons. The van der Waals surface area contributed by atoms with E-state index in [-0.39, 0.29) is 12.3 Å². The summed E-state index contributed by atoms with van der Waals surface area (Å²) in [5.74, 6) is -1.47. The van der Waals surface area contributed by atoms with Gasteiger partial charge >= 0.3 is 5.97 Å². The van der Waals surface area contributed by atoms with Gasteiger partial charge in [0.2, 0.25) is 0 Å². The molecule has 5 heteroatoms. The van der Waals surface area contributed by atoms with Crippen molar-refractivity contribution in [2.24, 2.45) is 0 Å². The van der Waals surface area contributed by atoms with E-state index < -0.39 is 11.8 Å². The number of rotatable bonds is 8. The topological polar surface area (TPSA) is 66.4 Å². The fraction of sp³-hybridized carbons (Fsp3) is 0.467. The summed E-state index contributed by atoms with van der Waals surface area (Å²) >= 11 is 0. The quantitative estimate of drug-likeness (QED) is 0.720. The van der Waals surface area contributed by atoms with Gasteiger partial charge in [0.05, 0.1) is 0 Å².